The average Bonchev–Trinajstić information content (AvgIpc) is 3.51. The lowest BCUT2D eigenvalue weighted by atomic mass is 9.90. The lowest BCUT2D eigenvalue weighted by Gasteiger charge is -2.15. The third-order valence-electron chi connectivity index (χ3n) is 8.58. The standard InChI is InChI=1S/C42H34N4O/c1-28-11-8-20-39-40(28)36-22-21-35(31-14-4-2-5-15-31)41(42(36)47-39)46-34-19-10-13-30(24-34)27-45-38(32-16-6-3-7-17-32)25-37(44)33-18-9-12-29(23-33)26-43/h2-10,12-25,28,46H,11,27,44H2,1H3. The van der Waals surface area contributed by atoms with Crippen molar-refractivity contribution in [2.45, 2.75) is 25.8 Å². The number of rotatable bonds is 8. The molecule has 0 aliphatic heterocycles. The second kappa shape index (κ2) is 13.1. The van der Waals surface area contributed by atoms with Crippen molar-refractivity contribution in [2.75, 3.05) is 5.32 Å². The number of benzene rings is 5. The van der Waals surface area contributed by atoms with Crippen LogP contribution < -0.4 is 11.1 Å². The quantitative estimate of drug-likeness (QED) is 0.168. The minimum Gasteiger partial charge on any atom is -0.454 e. The molecule has 0 spiro atoms. The number of furan rings is 1. The van der Waals surface area contributed by atoms with Crippen molar-refractivity contribution in [3.05, 3.63) is 167 Å². The van der Waals surface area contributed by atoms with E-state index in [9.17, 15) is 5.26 Å². The van der Waals surface area contributed by atoms with E-state index in [4.69, 9.17) is 15.1 Å². The number of anilines is 2. The lowest BCUT2D eigenvalue weighted by molar-refractivity contribution is 0.587. The molecule has 5 nitrogen and oxygen atoms in total. The molecule has 228 valence electrons. The Hall–Kier alpha value is -6.12. The van der Waals surface area contributed by atoms with Crippen LogP contribution in [0.25, 0.3) is 33.9 Å². The second-order valence-electron chi connectivity index (χ2n) is 11.8. The lowest BCUT2D eigenvalue weighted by Crippen LogP contribution is -2.04. The minimum absolute atomic E-state index is 0.394. The van der Waals surface area contributed by atoms with Gasteiger partial charge in [0, 0.05) is 27.9 Å². The zero-order valence-electron chi connectivity index (χ0n) is 26.2. The van der Waals surface area contributed by atoms with Crippen LogP contribution in [0.4, 0.5) is 11.4 Å². The third-order valence-corrected chi connectivity index (χ3v) is 8.58. The zero-order chi connectivity index (χ0) is 32.2. The number of aliphatic imine (C=N–C) groups is 1. The van der Waals surface area contributed by atoms with Gasteiger partial charge in [-0.25, -0.2) is 0 Å². The van der Waals surface area contributed by atoms with Crippen LogP contribution in [0, 0.1) is 11.3 Å². The molecule has 1 atom stereocenters. The van der Waals surface area contributed by atoms with Crippen LogP contribution >= 0.6 is 0 Å². The molecule has 1 aliphatic rings. The van der Waals surface area contributed by atoms with E-state index < -0.39 is 0 Å². The molecule has 7 rings (SSSR count). The summed E-state index contributed by atoms with van der Waals surface area (Å²) in [6.07, 6.45) is 7.19. The van der Waals surface area contributed by atoms with E-state index in [0.717, 1.165) is 68.1 Å². The van der Waals surface area contributed by atoms with Crippen molar-refractivity contribution in [3.8, 4) is 17.2 Å². The molecule has 1 unspecified atom stereocenters. The van der Waals surface area contributed by atoms with E-state index >= 15 is 0 Å². The highest BCUT2D eigenvalue weighted by molar-refractivity contribution is 6.12. The van der Waals surface area contributed by atoms with Gasteiger partial charge in [-0.1, -0.05) is 110 Å². The van der Waals surface area contributed by atoms with E-state index in [0.29, 0.717) is 23.7 Å². The molecule has 6 aromatic rings. The normalized spacial score (nSPS) is 14.5. The molecule has 5 heteroatoms. The number of allylic oxidation sites excluding steroid dienone is 2. The molecule has 0 radical (unpaired) electrons. The molecule has 0 fully saturated rings. The van der Waals surface area contributed by atoms with Crippen molar-refractivity contribution in [3.63, 3.8) is 0 Å². The Bertz CT molecular complexity index is 2200. The van der Waals surface area contributed by atoms with Crippen molar-refractivity contribution in [1.29, 1.82) is 5.26 Å². The van der Waals surface area contributed by atoms with Crippen LogP contribution in [0.5, 0.6) is 0 Å². The van der Waals surface area contributed by atoms with Crippen molar-refractivity contribution in [1.82, 2.24) is 0 Å². The first-order valence-electron chi connectivity index (χ1n) is 15.8. The maximum Gasteiger partial charge on any atom is 0.159 e. The Morgan fingerprint density at radius 3 is 2.49 bits per heavy atom. The fourth-order valence-corrected chi connectivity index (χ4v) is 6.21. The van der Waals surface area contributed by atoms with Gasteiger partial charge in [0.05, 0.1) is 29.6 Å². The van der Waals surface area contributed by atoms with E-state index in [2.05, 4.69) is 85.1 Å². The van der Waals surface area contributed by atoms with Crippen LogP contribution in [0.3, 0.4) is 0 Å². The molecular formula is C42H34N4O. The molecule has 0 bridgehead atoms. The summed E-state index contributed by atoms with van der Waals surface area (Å²) in [6, 6.07) is 42.7. The molecule has 47 heavy (non-hydrogen) atoms. The average molecular weight is 611 g/mol. The largest absolute Gasteiger partial charge is 0.454 e. The number of nitrogens with one attached hydrogen (secondary N) is 1. The van der Waals surface area contributed by atoms with Gasteiger partial charge in [0.1, 0.15) is 5.76 Å². The molecule has 1 heterocycles. The Labute approximate surface area is 275 Å². The second-order valence-corrected chi connectivity index (χ2v) is 11.8. The zero-order valence-corrected chi connectivity index (χ0v) is 26.2. The number of hydrogen-bond donors (Lipinski definition) is 2. The summed E-state index contributed by atoms with van der Waals surface area (Å²) in [6.45, 7) is 2.71. The van der Waals surface area contributed by atoms with Gasteiger partial charge in [0.15, 0.2) is 5.58 Å². The van der Waals surface area contributed by atoms with Crippen LogP contribution in [-0.2, 0) is 6.54 Å². The van der Waals surface area contributed by atoms with Gasteiger partial charge < -0.3 is 15.5 Å². The van der Waals surface area contributed by atoms with Gasteiger partial charge in [-0.15, -0.1) is 0 Å². The highest BCUT2D eigenvalue weighted by atomic mass is 16.3. The third kappa shape index (κ3) is 6.22. The van der Waals surface area contributed by atoms with E-state index in [-0.39, 0.29) is 0 Å². The van der Waals surface area contributed by atoms with Gasteiger partial charge in [-0.3, -0.25) is 4.99 Å². The Morgan fingerprint density at radius 1 is 0.915 bits per heavy atom. The van der Waals surface area contributed by atoms with Crippen molar-refractivity contribution >= 4 is 39.8 Å². The summed E-state index contributed by atoms with van der Waals surface area (Å²) in [5.74, 6) is 1.33. The maximum absolute atomic E-state index is 9.36. The number of nitrogens with two attached hydrogens (primary N) is 1. The fraction of sp³-hybridized carbons (Fsp3) is 0.0952. The first kappa shape index (κ1) is 29.6. The molecule has 5 aromatic carbocycles. The number of nitriles is 1. The first-order valence-corrected chi connectivity index (χ1v) is 15.8. The first-order chi connectivity index (χ1) is 23.1. The predicted molar refractivity (Wildman–Crippen MR) is 193 cm³/mol. The molecule has 3 N–H and O–H groups in total. The van der Waals surface area contributed by atoms with Gasteiger partial charge in [0.25, 0.3) is 0 Å². The SMILES string of the molecule is CC1CC=Cc2oc3c(Nc4cccc(CN=C(C=C(N)c5cccc(C#N)c5)c5ccccc5)c4)c(-c4ccccc4)ccc3c21. The molecule has 1 aliphatic carbocycles. The van der Waals surface area contributed by atoms with Crippen LogP contribution in [-0.4, -0.2) is 5.71 Å². The molecular weight excluding hydrogens is 576 g/mol. The van der Waals surface area contributed by atoms with E-state index in [1.165, 1.54) is 5.56 Å². The molecule has 0 saturated carbocycles. The molecule has 0 amide bonds. The monoisotopic (exact) mass is 610 g/mol. The molecule has 0 saturated heterocycles. The summed E-state index contributed by atoms with van der Waals surface area (Å²) in [5, 5.41) is 14.2. The highest BCUT2D eigenvalue weighted by Crippen LogP contribution is 2.44. The Kier molecular flexibility index (Phi) is 8.24. The van der Waals surface area contributed by atoms with Gasteiger partial charge in [-0.2, -0.15) is 5.26 Å². The van der Waals surface area contributed by atoms with E-state index in [1.807, 2.05) is 60.7 Å². The minimum atomic E-state index is 0.394. The highest BCUT2D eigenvalue weighted by Gasteiger charge is 2.24. The number of hydrogen-bond acceptors (Lipinski definition) is 5. The molecule has 1 aromatic heterocycles. The summed E-state index contributed by atoms with van der Waals surface area (Å²) in [4.78, 5) is 5.03. The predicted octanol–water partition coefficient (Wildman–Crippen LogP) is 10.2. The van der Waals surface area contributed by atoms with Crippen molar-refractivity contribution < 1.29 is 4.42 Å². The van der Waals surface area contributed by atoms with Crippen LogP contribution in [0.2, 0.25) is 0 Å². The topological polar surface area (TPSA) is 87.3 Å². The smallest absolute Gasteiger partial charge is 0.159 e. The fourth-order valence-electron chi connectivity index (χ4n) is 6.21. The Balaban J connectivity index is 1.25. The van der Waals surface area contributed by atoms with Crippen molar-refractivity contribution in [2.24, 2.45) is 10.7 Å². The van der Waals surface area contributed by atoms with E-state index in [1.54, 1.807) is 12.1 Å². The summed E-state index contributed by atoms with van der Waals surface area (Å²) >= 11 is 0. The summed E-state index contributed by atoms with van der Waals surface area (Å²) in [7, 11) is 0. The van der Waals surface area contributed by atoms with Gasteiger partial charge in [-0.05, 0) is 71.0 Å². The van der Waals surface area contributed by atoms with Gasteiger partial charge >= 0.3 is 0 Å². The number of nitrogens with zero attached hydrogens (tertiary/aromatic N) is 2. The Morgan fingerprint density at radius 2 is 1.68 bits per heavy atom. The van der Waals surface area contributed by atoms with Crippen LogP contribution in [0.15, 0.2) is 143 Å². The number of fused-ring (bicyclic) bond motifs is 3. The maximum atomic E-state index is 9.36. The van der Waals surface area contributed by atoms with Gasteiger partial charge in [0.2, 0.25) is 0 Å². The van der Waals surface area contributed by atoms with Crippen LogP contribution in [0.1, 0.15) is 52.8 Å². The summed E-state index contributed by atoms with van der Waals surface area (Å²) in [5.41, 5.74) is 17.4. The summed E-state index contributed by atoms with van der Waals surface area (Å²) < 4.78 is 6.57.